The van der Waals surface area contributed by atoms with Crippen LogP contribution in [-0.2, 0) is 0 Å². The van der Waals surface area contributed by atoms with Crippen LogP contribution in [0.3, 0.4) is 0 Å². The molecule has 2 atom stereocenters. The highest BCUT2D eigenvalue weighted by atomic mass is 16.2. The van der Waals surface area contributed by atoms with Gasteiger partial charge >= 0.3 is 6.03 Å². The van der Waals surface area contributed by atoms with E-state index in [1.807, 2.05) is 0 Å². The van der Waals surface area contributed by atoms with Gasteiger partial charge in [-0.25, -0.2) is 4.79 Å². The molecular formula is C10H20N2O. The fraction of sp³-hybridized carbons (Fsp3) is 0.900. The zero-order chi connectivity index (χ0) is 9.68. The normalized spacial score (nSPS) is 23.8. The molecule has 1 fully saturated rings. The minimum atomic E-state index is -0.0000477. The maximum atomic E-state index is 10.9. The van der Waals surface area contributed by atoms with Crippen molar-refractivity contribution in [1.29, 1.82) is 0 Å². The average molecular weight is 184 g/mol. The first-order chi connectivity index (χ1) is 6.27. The third-order valence-corrected chi connectivity index (χ3v) is 2.82. The van der Waals surface area contributed by atoms with Crippen molar-refractivity contribution in [3.8, 4) is 0 Å². The van der Waals surface area contributed by atoms with Gasteiger partial charge in [-0.2, -0.15) is 0 Å². The van der Waals surface area contributed by atoms with E-state index in [4.69, 9.17) is 0 Å². The molecule has 0 aromatic rings. The van der Waals surface area contributed by atoms with Gasteiger partial charge in [0, 0.05) is 6.54 Å². The third-order valence-electron chi connectivity index (χ3n) is 2.82. The molecule has 0 aromatic heterocycles. The Balaban J connectivity index is 2.33. The van der Waals surface area contributed by atoms with Crippen LogP contribution in [0.2, 0.25) is 0 Å². The fourth-order valence-corrected chi connectivity index (χ4v) is 1.91. The summed E-state index contributed by atoms with van der Waals surface area (Å²) in [6.45, 7) is 5.21. The predicted molar refractivity (Wildman–Crippen MR) is 53.6 cm³/mol. The molecule has 0 spiro atoms. The lowest BCUT2D eigenvalue weighted by Gasteiger charge is -2.20. The first-order valence-electron chi connectivity index (χ1n) is 5.32. The zero-order valence-electron chi connectivity index (χ0n) is 8.60. The van der Waals surface area contributed by atoms with Crippen molar-refractivity contribution in [3.63, 3.8) is 0 Å². The van der Waals surface area contributed by atoms with Gasteiger partial charge in [-0.1, -0.05) is 33.1 Å². The highest BCUT2D eigenvalue weighted by Gasteiger charge is 2.26. The third kappa shape index (κ3) is 2.90. The molecule has 76 valence electrons. The largest absolute Gasteiger partial charge is 0.336 e. The Morgan fingerprint density at radius 3 is 2.77 bits per heavy atom. The Morgan fingerprint density at radius 1 is 1.54 bits per heavy atom. The van der Waals surface area contributed by atoms with E-state index in [1.165, 1.54) is 19.3 Å². The molecule has 1 rings (SSSR count). The molecule has 2 unspecified atom stereocenters. The van der Waals surface area contributed by atoms with Crippen LogP contribution < -0.4 is 10.6 Å². The number of carbonyl (C=O) groups excluding carboxylic acids is 1. The molecule has 1 aliphatic heterocycles. The minimum Gasteiger partial charge on any atom is -0.336 e. The molecule has 2 amide bonds. The van der Waals surface area contributed by atoms with Gasteiger partial charge in [0.1, 0.15) is 0 Å². The lowest BCUT2D eigenvalue weighted by molar-refractivity contribution is 0.245. The van der Waals surface area contributed by atoms with E-state index in [0.717, 1.165) is 13.0 Å². The highest BCUT2D eigenvalue weighted by molar-refractivity contribution is 5.76. The van der Waals surface area contributed by atoms with Crippen molar-refractivity contribution < 1.29 is 4.79 Å². The van der Waals surface area contributed by atoms with Crippen LogP contribution in [-0.4, -0.2) is 18.6 Å². The fourth-order valence-electron chi connectivity index (χ4n) is 1.91. The Kier molecular flexibility index (Phi) is 4.06. The van der Waals surface area contributed by atoms with Gasteiger partial charge in [-0.3, -0.25) is 0 Å². The van der Waals surface area contributed by atoms with Gasteiger partial charge in [0.05, 0.1) is 6.04 Å². The van der Waals surface area contributed by atoms with E-state index in [1.54, 1.807) is 0 Å². The molecule has 0 aliphatic carbocycles. The summed E-state index contributed by atoms with van der Waals surface area (Å²) in [5.74, 6) is 0.652. The van der Waals surface area contributed by atoms with Crippen molar-refractivity contribution >= 4 is 6.03 Å². The SMILES string of the molecule is CCCCC(CC)C1CNC(=O)N1. The second-order valence-corrected chi connectivity index (χ2v) is 3.77. The Morgan fingerprint density at radius 2 is 2.31 bits per heavy atom. The summed E-state index contributed by atoms with van der Waals surface area (Å²) in [7, 11) is 0. The number of hydrogen-bond donors (Lipinski definition) is 2. The first-order valence-corrected chi connectivity index (χ1v) is 5.32. The molecule has 1 aliphatic rings. The molecule has 2 N–H and O–H groups in total. The number of unbranched alkanes of at least 4 members (excludes halogenated alkanes) is 1. The Bertz CT molecular complexity index is 170. The lowest BCUT2D eigenvalue weighted by atomic mass is 9.92. The molecule has 3 heteroatoms. The standard InChI is InChI=1S/C10H20N2O/c1-3-5-6-8(4-2)9-7-11-10(13)12-9/h8-9H,3-7H2,1-2H3,(H2,11,12,13). The first kappa shape index (κ1) is 10.4. The van der Waals surface area contributed by atoms with Gasteiger partial charge in [0.2, 0.25) is 0 Å². The lowest BCUT2D eigenvalue weighted by Crippen LogP contribution is -2.33. The van der Waals surface area contributed by atoms with Crippen LogP contribution >= 0.6 is 0 Å². The monoisotopic (exact) mass is 184 g/mol. The quantitative estimate of drug-likeness (QED) is 0.673. The molecule has 0 aromatic carbocycles. The van der Waals surface area contributed by atoms with Crippen molar-refractivity contribution in [2.75, 3.05) is 6.54 Å². The average Bonchev–Trinajstić information content (AvgIpc) is 2.54. The summed E-state index contributed by atoms with van der Waals surface area (Å²) in [5.41, 5.74) is 0. The van der Waals surface area contributed by atoms with Crippen molar-refractivity contribution in [1.82, 2.24) is 10.6 Å². The summed E-state index contributed by atoms with van der Waals surface area (Å²) in [6.07, 6.45) is 4.90. The summed E-state index contributed by atoms with van der Waals surface area (Å²) >= 11 is 0. The van der Waals surface area contributed by atoms with Gasteiger partial charge in [-0.15, -0.1) is 0 Å². The van der Waals surface area contributed by atoms with Crippen LogP contribution in [0.25, 0.3) is 0 Å². The molecule has 13 heavy (non-hydrogen) atoms. The van der Waals surface area contributed by atoms with Gasteiger partial charge in [0.25, 0.3) is 0 Å². The maximum absolute atomic E-state index is 10.9. The Hall–Kier alpha value is -0.730. The Labute approximate surface area is 80.3 Å². The van der Waals surface area contributed by atoms with E-state index in [2.05, 4.69) is 24.5 Å². The zero-order valence-corrected chi connectivity index (χ0v) is 8.60. The van der Waals surface area contributed by atoms with Crippen LogP contribution in [0, 0.1) is 5.92 Å². The van der Waals surface area contributed by atoms with Gasteiger partial charge < -0.3 is 10.6 Å². The van der Waals surface area contributed by atoms with E-state index in [-0.39, 0.29) is 6.03 Å². The molecule has 0 saturated carbocycles. The van der Waals surface area contributed by atoms with Crippen LogP contribution in [0.4, 0.5) is 4.79 Å². The number of rotatable bonds is 5. The molecule has 1 heterocycles. The number of amides is 2. The second kappa shape index (κ2) is 5.10. The van der Waals surface area contributed by atoms with Gasteiger partial charge in [-0.05, 0) is 12.3 Å². The molecule has 1 saturated heterocycles. The topological polar surface area (TPSA) is 41.1 Å². The molecular weight excluding hydrogens is 164 g/mol. The minimum absolute atomic E-state index is 0.0000477. The summed E-state index contributed by atoms with van der Waals surface area (Å²) < 4.78 is 0. The number of nitrogens with one attached hydrogen (secondary N) is 2. The maximum Gasteiger partial charge on any atom is 0.315 e. The van der Waals surface area contributed by atoms with Gasteiger partial charge in [0.15, 0.2) is 0 Å². The van der Waals surface area contributed by atoms with Crippen molar-refractivity contribution in [3.05, 3.63) is 0 Å². The van der Waals surface area contributed by atoms with E-state index < -0.39 is 0 Å². The van der Waals surface area contributed by atoms with E-state index in [0.29, 0.717) is 12.0 Å². The summed E-state index contributed by atoms with van der Waals surface area (Å²) in [5, 5.41) is 5.77. The van der Waals surface area contributed by atoms with Crippen LogP contribution in [0.15, 0.2) is 0 Å². The predicted octanol–water partition coefficient (Wildman–Crippen LogP) is 1.88. The smallest absolute Gasteiger partial charge is 0.315 e. The van der Waals surface area contributed by atoms with E-state index in [9.17, 15) is 4.79 Å². The highest BCUT2D eigenvalue weighted by Crippen LogP contribution is 2.18. The van der Waals surface area contributed by atoms with E-state index >= 15 is 0 Å². The summed E-state index contributed by atoms with van der Waals surface area (Å²) in [6, 6.07) is 0.365. The van der Waals surface area contributed by atoms with Crippen LogP contribution in [0.5, 0.6) is 0 Å². The molecule has 0 radical (unpaired) electrons. The van der Waals surface area contributed by atoms with Crippen molar-refractivity contribution in [2.24, 2.45) is 5.92 Å². The second-order valence-electron chi connectivity index (χ2n) is 3.77. The number of carbonyl (C=O) groups is 1. The molecule has 0 bridgehead atoms. The summed E-state index contributed by atoms with van der Waals surface area (Å²) in [4.78, 5) is 10.9. The molecule has 3 nitrogen and oxygen atoms in total. The van der Waals surface area contributed by atoms with Crippen LogP contribution in [0.1, 0.15) is 39.5 Å². The van der Waals surface area contributed by atoms with Crippen molar-refractivity contribution in [2.45, 2.75) is 45.6 Å². The number of urea groups is 1. The number of hydrogen-bond acceptors (Lipinski definition) is 1.